The molecule has 1 aromatic rings. The zero-order chi connectivity index (χ0) is 18.3. The first-order valence-corrected chi connectivity index (χ1v) is 9.97. The molecule has 1 N–H and O–H groups in total. The lowest BCUT2D eigenvalue weighted by molar-refractivity contribution is -0.152. The number of nitrogens with zero attached hydrogens (tertiary/aromatic N) is 3. The number of aliphatic hydroxyl groups is 1. The Hall–Kier alpha value is -1.43. The fourth-order valence-corrected chi connectivity index (χ4v) is 5.10. The molecule has 1 aromatic carbocycles. The van der Waals surface area contributed by atoms with Crippen LogP contribution < -0.4 is 0 Å². The molecule has 3 fully saturated rings. The molecule has 4 rings (SSSR count). The van der Waals surface area contributed by atoms with Crippen molar-refractivity contribution >= 4 is 5.91 Å². The van der Waals surface area contributed by atoms with Gasteiger partial charge in [0.05, 0.1) is 11.6 Å². The van der Waals surface area contributed by atoms with Crippen LogP contribution in [0.3, 0.4) is 0 Å². The van der Waals surface area contributed by atoms with E-state index in [2.05, 4.69) is 45.0 Å². The van der Waals surface area contributed by atoms with Gasteiger partial charge in [0.15, 0.2) is 0 Å². The number of hydrogen-bond acceptors (Lipinski definition) is 4. The summed E-state index contributed by atoms with van der Waals surface area (Å²) in [5.41, 5.74) is 1.42. The van der Waals surface area contributed by atoms with E-state index < -0.39 is 0 Å². The largest absolute Gasteiger partial charge is 0.392 e. The maximum absolute atomic E-state index is 12.6. The van der Waals surface area contributed by atoms with E-state index in [1.807, 2.05) is 13.8 Å². The van der Waals surface area contributed by atoms with E-state index in [1.165, 1.54) is 5.56 Å². The predicted octanol–water partition coefficient (Wildman–Crippen LogP) is 1.22. The van der Waals surface area contributed by atoms with Gasteiger partial charge in [-0.05, 0) is 18.4 Å². The predicted molar refractivity (Wildman–Crippen MR) is 102 cm³/mol. The molecule has 26 heavy (non-hydrogen) atoms. The quantitative estimate of drug-likeness (QED) is 0.880. The zero-order valence-corrected chi connectivity index (χ0v) is 16.0. The Morgan fingerprint density at radius 1 is 1.19 bits per heavy atom. The topological polar surface area (TPSA) is 47.0 Å². The first-order valence-electron chi connectivity index (χ1n) is 9.97. The summed E-state index contributed by atoms with van der Waals surface area (Å²) in [5, 5.41) is 10.2. The third-order valence-corrected chi connectivity index (χ3v) is 6.32. The number of benzene rings is 1. The van der Waals surface area contributed by atoms with Gasteiger partial charge in [0.1, 0.15) is 0 Å². The van der Waals surface area contributed by atoms with Crippen LogP contribution in [0.5, 0.6) is 0 Å². The molecule has 0 bridgehead atoms. The van der Waals surface area contributed by atoms with Crippen LogP contribution in [0.2, 0.25) is 0 Å². The van der Waals surface area contributed by atoms with Crippen LogP contribution in [0.4, 0.5) is 0 Å². The summed E-state index contributed by atoms with van der Waals surface area (Å²) < 4.78 is 0. The van der Waals surface area contributed by atoms with Gasteiger partial charge in [-0.3, -0.25) is 14.6 Å². The molecule has 0 aromatic heterocycles. The molecule has 3 heterocycles. The maximum Gasteiger partial charge on any atom is 0.225 e. The highest BCUT2D eigenvalue weighted by atomic mass is 16.3. The summed E-state index contributed by atoms with van der Waals surface area (Å²) in [6.45, 7) is 9.40. The van der Waals surface area contributed by atoms with Crippen LogP contribution in [0.1, 0.15) is 25.8 Å². The number of piperazine rings is 1. The summed E-state index contributed by atoms with van der Waals surface area (Å²) in [6, 6.07) is 10.9. The van der Waals surface area contributed by atoms with Gasteiger partial charge in [-0.2, -0.15) is 0 Å². The molecule has 3 aliphatic rings. The number of hydrogen-bond donors (Lipinski definition) is 1. The Bertz CT molecular complexity index is 642. The average molecular weight is 357 g/mol. The lowest BCUT2D eigenvalue weighted by Gasteiger charge is -2.61. The SMILES string of the molecule is CC(C)C(=O)N1C[C@@H]2C[C@@H](O)CN2C2(CN(CCc3ccccc3)C2)C1. The van der Waals surface area contributed by atoms with Crippen molar-refractivity contribution in [3.63, 3.8) is 0 Å². The van der Waals surface area contributed by atoms with Crippen molar-refractivity contribution in [2.75, 3.05) is 39.3 Å². The number of β-amino-alcohol motifs (C(OH)–C–C–N with tert-alkyl or cyclic N) is 1. The van der Waals surface area contributed by atoms with E-state index in [1.54, 1.807) is 0 Å². The summed E-state index contributed by atoms with van der Waals surface area (Å²) in [6.07, 6.45) is 1.62. The molecular weight excluding hydrogens is 326 g/mol. The van der Waals surface area contributed by atoms with Crippen molar-refractivity contribution < 1.29 is 9.90 Å². The number of carbonyl (C=O) groups excluding carboxylic acids is 1. The van der Waals surface area contributed by atoms with Gasteiger partial charge < -0.3 is 10.0 Å². The third-order valence-electron chi connectivity index (χ3n) is 6.32. The second kappa shape index (κ2) is 6.95. The zero-order valence-electron chi connectivity index (χ0n) is 16.0. The Balaban J connectivity index is 1.41. The molecule has 3 aliphatic heterocycles. The van der Waals surface area contributed by atoms with Crippen molar-refractivity contribution in [3.8, 4) is 0 Å². The molecule has 1 amide bonds. The van der Waals surface area contributed by atoms with Gasteiger partial charge in [0, 0.05) is 51.2 Å². The molecule has 1 spiro atoms. The molecule has 5 nitrogen and oxygen atoms in total. The fourth-order valence-electron chi connectivity index (χ4n) is 5.10. The fraction of sp³-hybridized carbons (Fsp3) is 0.667. The molecule has 5 heteroatoms. The normalized spacial score (nSPS) is 28.4. The molecule has 0 radical (unpaired) electrons. The summed E-state index contributed by atoms with van der Waals surface area (Å²) in [7, 11) is 0. The smallest absolute Gasteiger partial charge is 0.225 e. The monoisotopic (exact) mass is 357 g/mol. The van der Waals surface area contributed by atoms with Crippen molar-refractivity contribution in [2.24, 2.45) is 5.92 Å². The van der Waals surface area contributed by atoms with Gasteiger partial charge in [-0.25, -0.2) is 0 Å². The molecule has 3 saturated heterocycles. The van der Waals surface area contributed by atoms with E-state index in [0.717, 1.165) is 52.1 Å². The Morgan fingerprint density at radius 3 is 2.62 bits per heavy atom. The Kier molecular flexibility index (Phi) is 4.80. The minimum absolute atomic E-state index is 0.0409. The van der Waals surface area contributed by atoms with E-state index in [0.29, 0.717) is 6.04 Å². The number of likely N-dealkylation sites (tertiary alicyclic amines) is 1. The molecular formula is C21H31N3O2. The molecule has 2 atom stereocenters. The number of aliphatic hydroxyl groups excluding tert-OH is 1. The summed E-state index contributed by atoms with van der Waals surface area (Å²) >= 11 is 0. The van der Waals surface area contributed by atoms with Gasteiger partial charge >= 0.3 is 0 Å². The van der Waals surface area contributed by atoms with Crippen molar-refractivity contribution in [1.29, 1.82) is 0 Å². The van der Waals surface area contributed by atoms with E-state index in [-0.39, 0.29) is 23.5 Å². The van der Waals surface area contributed by atoms with Crippen LogP contribution in [-0.2, 0) is 11.2 Å². The highest BCUT2D eigenvalue weighted by molar-refractivity contribution is 5.78. The Morgan fingerprint density at radius 2 is 1.92 bits per heavy atom. The van der Waals surface area contributed by atoms with Crippen LogP contribution in [0, 0.1) is 5.92 Å². The van der Waals surface area contributed by atoms with Gasteiger partial charge in [0.25, 0.3) is 0 Å². The molecule has 142 valence electrons. The van der Waals surface area contributed by atoms with Crippen molar-refractivity contribution in [3.05, 3.63) is 35.9 Å². The van der Waals surface area contributed by atoms with E-state index in [9.17, 15) is 9.90 Å². The van der Waals surface area contributed by atoms with Crippen LogP contribution in [0.15, 0.2) is 30.3 Å². The lowest BCUT2D eigenvalue weighted by Crippen LogP contribution is -2.78. The number of carbonyl (C=O) groups is 1. The molecule has 0 aliphatic carbocycles. The van der Waals surface area contributed by atoms with Gasteiger partial charge in [-0.15, -0.1) is 0 Å². The third kappa shape index (κ3) is 3.28. The van der Waals surface area contributed by atoms with Crippen molar-refractivity contribution in [1.82, 2.24) is 14.7 Å². The second-order valence-electron chi connectivity index (χ2n) is 8.74. The van der Waals surface area contributed by atoms with Crippen LogP contribution in [0.25, 0.3) is 0 Å². The summed E-state index contributed by atoms with van der Waals surface area (Å²) in [4.78, 5) is 19.7. The minimum atomic E-state index is -0.246. The lowest BCUT2D eigenvalue weighted by atomic mass is 9.83. The first kappa shape index (κ1) is 18.0. The van der Waals surface area contributed by atoms with Crippen LogP contribution >= 0.6 is 0 Å². The molecule has 0 saturated carbocycles. The summed E-state index contributed by atoms with van der Waals surface area (Å²) in [5.74, 6) is 0.298. The number of rotatable bonds is 4. The van der Waals surface area contributed by atoms with Gasteiger partial charge in [0.2, 0.25) is 5.91 Å². The van der Waals surface area contributed by atoms with Crippen LogP contribution in [-0.4, -0.2) is 82.7 Å². The average Bonchev–Trinajstić information content (AvgIpc) is 2.98. The first-order chi connectivity index (χ1) is 12.5. The van der Waals surface area contributed by atoms with Crippen molar-refractivity contribution in [2.45, 2.75) is 44.4 Å². The van der Waals surface area contributed by atoms with E-state index >= 15 is 0 Å². The highest BCUT2D eigenvalue weighted by Gasteiger charge is 2.56. The Labute approximate surface area is 156 Å². The maximum atomic E-state index is 12.6. The molecule has 0 unspecified atom stereocenters. The minimum Gasteiger partial charge on any atom is -0.392 e. The number of amides is 1. The van der Waals surface area contributed by atoms with E-state index in [4.69, 9.17) is 0 Å². The second-order valence-corrected chi connectivity index (χ2v) is 8.74. The van der Waals surface area contributed by atoms with Gasteiger partial charge in [-0.1, -0.05) is 44.2 Å². The standard InChI is InChI=1S/C21H31N3O2/c1-16(2)20(26)23-11-18-10-19(25)12-24(18)21(15-23)13-22(14-21)9-8-17-6-4-3-5-7-17/h3-7,16,18-19,25H,8-15H2,1-2H3/t18-,19+/m0/s1. The number of fused-ring (bicyclic) bond motifs is 2. The highest BCUT2D eigenvalue weighted by Crippen LogP contribution is 2.39.